The Kier molecular flexibility index (Phi) is 2.96. The summed E-state index contributed by atoms with van der Waals surface area (Å²) in [6.45, 7) is 1.61. The number of hydrogen-bond donors (Lipinski definition) is 1. The second-order valence-electron chi connectivity index (χ2n) is 6.13. The number of benzene rings is 1. The summed E-state index contributed by atoms with van der Waals surface area (Å²) in [5.74, 6) is 0. The van der Waals surface area contributed by atoms with Crippen LogP contribution in [0.5, 0.6) is 0 Å². The lowest BCUT2D eigenvalue weighted by Gasteiger charge is -2.11. The molecule has 0 bridgehead atoms. The first-order valence-electron chi connectivity index (χ1n) is 7.95. The molecule has 0 fully saturated rings. The molecule has 0 aliphatic carbocycles. The first-order valence-corrected chi connectivity index (χ1v) is 9.43. The van der Waals surface area contributed by atoms with E-state index in [4.69, 9.17) is 0 Å². The maximum atomic E-state index is 12.5. The van der Waals surface area contributed by atoms with Crippen LogP contribution in [0.2, 0.25) is 0 Å². The molecule has 0 radical (unpaired) electrons. The third-order valence-electron chi connectivity index (χ3n) is 4.50. The number of allylic oxidation sites excluding steroid dienone is 1. The Morgan fingerprint density at radius 2 is 2.00 bits per heavy atom. The zero-order valence-electron chi connectivity index (χ0n) is 13.7. The molecule has 4 aromatic rings. The van der Waals surface area contributed by atoms with Crippen LogP contribution in [0.25, 0.3) is 22.6 Å². The van der Waals surface area contributed by atoms with Crippen molar-refractivity contribution >= 4 is 43.8 Å². The molecule has 1 aliphatic heterocycles. The molecule has 1 aromatic carbocycles. The Morgan fingerprint density at radius 1 is 1.12 bits per heavy atom. The molecule has 0 unspecified atom stereocenters. The minimum atomic E-state index is -3.40. The van der Waals surface area contributed by atoms with E-state index in [2.05, 4.69) is 20.4 Å². The molecule has 7 nitrogen and oxygen atoms in total. The van der Waals surface area contributed by atoms with E-state index in [0.29, 0.717) is 15.4 Å². The maximum Gasteiger partial charge on any atom is 0.203 e. The van der Waals surface area contributed by atoms with Crippen molar-refractivity contribution in [1.29, 1.82) is 0 Å². The van der Waals surface area contributed by atoms with Crippen LogP contribution < -0.4 is 5.32 Å². The van der Waals surface area contributed by atoms with Gasteiger partial charge in [-0.3, -0.25) is 4.98 Å². The lowest BCUT2D eigenvalue weighted by atomic mass is 10.1. The summed E-state index contributed by atoms with van der Waals surface area (Å²) in [4.78, 5) is 9.18. The van der Waals surface area contributed by atoms with E-state index in [1.165, 1.54) is 6.33 Å². The minimum Gasteiger partial charge on any atom is -0.354 e. The number of nitrogens with one attached hydrogen (secondary N) is 1. The minimum absolute atomic E-state index is 0.324. The molecule has 0 amide bonds. The highest BCUT2D eigenvalue weighted by Gasteiger charge is 2.27. The predicted octanol–water partition coefficient (Wildman–Crippen LogP) is 3.17. The summed E-state index contributed by atoms with van der Waals surface area (Å²) in [7, 11) is -3.40. The number of nitrogens with zero attached hydrogens (tertiary/aromatic N) is 4. The van der Waals surface area contributed by atoms with Crippen molar-refractivity contribution < 1.29 is 8.42 Å². The van der Waals surface area contributed by atoms with Crippen molar-refractivity contribution in [3.8, 4) is 0 Å². The van der Waals surface area contributed by atoms with Crippen LogP contribution >= 0.6 is 0 Å². The topological polar surface area (TPSA) is 89.2 Å². The fraction of sp³-hybridized carbons (Fsp3) is 0.0556. The number of fused-ring (bicyclic) bond motifs is 3. The maximum absolute atomic E-state index is 12.5. The Bertz CT molecular complexity index is 1340. The molecule has 0 atom stereocenters. The standard InChI is InChI=1S/C18H13N5O2S/c1-11-6-12-7-16-14(8-17(12)26(11,24)25)15(4-5-19-16)22-13-2-3-18-20-10-21-23(18)9-13/h2-10H,1H3,(H,19,22). The second kappa shape index (κ2) is 5.12. The quantitative estimate of drug-likeness (QED) is 0.588. The van der Waals surface area contributed by atoms with Crippen LogP contribution in [0.15, 0.2) is 58.9 Å². The smallest absolute Gasteiger partial charge is 0.203 e. The van der Waals surface area contributed by atoms with E-state index >= 15 is 0 Å². The van der Waals surface area contributed by atoms with Crippen LogP contribution in [0.1, 0.15) is 12.5 Å². The number of pyridine rings is 2. The molecule has 5 rings (SSSR count). The van der Waals surface area contributed by atoms with Crippen LogP contribution in [0.3, 0.4) is 0 Å². The Balaban J connectivity index is 1.66. The lowest BCUT2D eigenvalue weighted by Crippen LogP contribution is -2.00. The molecule has 0 spiro atoms. The first-order chi connectivity index (χ1) is 12.5. The lowest BCUT2D eigenvalue weighted by molar-refractivity contribution is 0.603. The number of anilines is 2. The second-order valence-corrected chi connectivity index (χ2v) is 8.22. The molecule has 3 aromatic heterocycles. The van der Waals surface area contributed by atoms with Crippen molar-refractivity contribution in [3.05, 3.63) is 59.5 Å². The molecule has 0 saturated heterocycles. The average Bonchev–Trinajstić information content (AvgIpc) is 3.16. The fourth-order valence-electron chi connectivity index (χ4n) is 3.16. The van der Waals surface area contributed by atoms with Crippen molar-refractivity contribution in [2.24, 2.45) is 0 Å². The van der Waals surface area contributed by atoms with Crippen LogP contribution in [-0.4, -0.2) is 28.0 Å². The van der Waals surface area contributed by atoms with Crippen LogP contribution in [0.4, 0.5) is 11.4 Å². The highest BCUT2D eigenvalue weighted by atomic mass is 32.2. The van der Waals surface area contributed by atoms with Gasteiger partial charge in [-0.05, 0) is 48.9 Å². The van der Waals surface area contributed by atoms with Crippen LogP contribution in [-0.2, 0) is 9.84 Å². The van der Waals surface area contributed by atoms with E-state index < -0.39 is 9.84 Å². The molecule has 128 valence electrons. The monoisotopic (exact) mass is 363 g/mol. The molecule has 26 heavy (non-hydrogen) atoms. The van der Waals surface area contributed by atoms with Gasteiger partial charge in [0, 0.05) is 22.2 Å². The van der Waals surface area contributed by atoms with E-state index in [9.17, 15) is 8.42 Å². The molecule has 1 N–H and O–H groups in total. The summed E-state index contributed by atoms with van der Waals surface area (Å²) >= 11 is 0. The number of rotatable bonds is 2. The molecular formula is C18H13N5O2S. The van der Waals surface area contributed by atoms with Gasteiger partial charge in [0.15, 0.2) is 5.65 Å². The summed E-state index contributed by atoms with van der Waals surface area (Å²) in [5.41, 5.74) is 3.76. The number of aromatic nitrogens is 4. The van der Waals surface area contributed by atoms with E-state index in [-0.39, 0.29) is 0 Å². The molecular weight excluding hydrogens is 350 g/mol. The summed E-state index contributed by atoms with van der Waals surface area (Å²) < 4.78 is 26.6. The van der Waals surface area contributed by atoms with E-state index in [0.717, 1.165) is 27.9 Å². The van der Waals surface area contributed by atoms with Crippen LogP contribution in [0, 0.1) is 0 Å². The van der Waals surface area contributed by atoms with Gasteiger partial charge in [0.1, 0.15) is 6.33 Å². The van der Waals surface area contributed by atoms with Gasteiger partial charge in [-0.15, -0.1) is 0 Å². The molecule has 0 saturated carbocycles. The Morgan fingerprint density at radius 3 is 2.88 bits per heavy atom. The zero-order chi connectivity index (χ0) is 17.9. The number of hydrogen-bond acceptors (Lipinski definition) is 6. The van der Waals surface area contributed by atoms with E-state index in [1.54, 1.807) is 29.8 Å². The highest BCUT2D eigenvalue weighted by Crippen LogP contribution is 2.37. The predicted molar refractivity (Wildman–Crippen MR) is 98.8 cm³/mol. The van der Waals surface area contributed by atoms with E-state index in [1.807, 2.05) is 30.5 Å². The van der Waals surface area contributed by atoms with Crippen molar-refractivity contribution in [1.82, 2.24) is 19.6 Å². The third-order valence-corrected chi connectivity index (χ3v) is 6.40. The van der Waals surface area contributed by atoms with Crippen molar-refractivity contribution in [3.63, 3.8) is 0 Å². The van der Waals surface area contributed by atoms with Gasteiger partial charge in [0.25, 0.3) is 0 Å². The van der Waals surface area contributed by atoms with Gasteiger partial charge in [-0.2, -0.15) is 5.10 Å². The largest absolute Gasteiger partial charge is 0.354 e. The molecule has 1 aliphatic rings. The SMILES string of the molecule is CC1=Cc2cc3nccc(Nc4ccc5ncnn5c4)c3cc2S1(=O)=O. The van der Waals surface area contributed by atoms with Gasteiger partial charge < -0.3 is 5.32 Å². The fourth-order valence-corrected chi connectivity index (χ4v) is 4.49. The first kappa shape index (κ1) is 15.0. The molecule has 4 heterocycles. The Labute approximate surface area is 148 Å². The normalized spacial score (nSPS) is 15.2. The van der Waals surface area contributed by atoms with Gasteiger partial charge in [-0.25, -0.2) is 17.9 Å². The summed E-state index contributed by atoms with van der Waals surface area (Å²) in [6.07, 6.45) is 6.70. The summed E-state index contributed by atoms with van der Waals surface area (Å²) in [6, 6.07) is 9.07. The van der Waals surface area contributed by atoms with Gasteiger partial charge in [0.05, 0.1) is 22.3 Å². The van der Waals surface area contributed by atoms with Crippen molar-refractivity contribution in [2.45, 2.75) is 11.8 Å². The average molecular weight is 363 g/mol. The van der Waals surface area contributed by atoms with Gasteiger partial charge >= 0.3 is 0 Å². The summed E-state index contributed by atoms with van der Waals surface area (Å²) in [5, 5.41) is 8.19. The zero-order valence-corrected chi connectivity index (χ0v) is 14.5. The molecule has 8 heteroatoms. The van der Waals surface area contributed by atoms with Gasteiger partial charge in [0.2, 0.25) is 9.84 Å². The third kappa shape index (κ3) is 2.12. The number of sulfone groups is 1. The van der Waals surface area contributed by atoms with Crippen molar-refractivity contribution in [2.75, 3.05) is 5.32 Å². The highest BCUT2D eigenvalue weighted by molar-refractivity contribution is 7.95. The van der Waals surface area contributed by atoms with Gasteiger partial charge in [-0.1, -0.05) is 0 Å². The Hall–Kier alpha value is -3.26.